The van der Waals surface area contributed by atoms with Crippen LogP contribution in [-0.4, -0.2) is 30.7 Å². The maximum atomic E-state index is 10.4. The minimum Gasteiger partial charge on any atom is -0.463 e. The van der Waals surface area contributed by atoms with Gasteiger partial charge >= 0.3 is 5.97 Å². The molecule has 1 heterocycles. The van der Waals surface area contributed by atoms with Crippen LogP contribution in [-0.2, 0) is 14.3 Å². The third-order valence-electron chi connectivity index (χ3n) is 1.58. The molecule has 11 heavy (non-hydrogen) atoms. The molecule has 0 spiro atoms. The van der Waals surface area contributed by atoms with Gasteiger partial charge in [0.2, 0.25) is 0 Å². The molecule has 64 valence electrons. The van der Waals surface area contributed by atoms with Crippen molar-refractivity contribution in [1.29, 1.82) is 0 Å². The van der Waals surface area contributed by atoms with Crippen molar-refractivity contribution in [1.82, 2.24) is 0 Å². The van der Waals surface area contributed by atoms with Gasteiger partial charge in [0.1, 0.15) is 12.7 Å². The predicted octanol–water partition coefficient (Wildman–Crippen LogP) is 0.946. The topological polar surface area (TPSA) is 35.5 Å². The van der Waals surface area contributed by atoms with E-state index in [-0.39, 0.29) is 24.1 Å². The molecule has 0 amide bonds. The average molecular weight is 179 g/mol. The third kappa shape index (κ3) is 2.67. The van der Waals surface area contributed by atoms with E-state index in [0.29, 0.717) is 6.61 Å². The van der Waals surface area contributed by atoms with Gasteiger partial charge in [-0.05, 0) is 6.42 Å². The Labute approximate surface area is 70.6 Å². The fraction of sp³-hybridized carbons (Fsp3) is 0.857. The van der Waals surface area contributed by atoms with Crippen molar-refractivity contribution in [2.24, 2.45) is 0 Å². The zero-order valence-corrected chi connectivity index (χ0v) is 7.13. The van der Waals surface area contributed by atoms with Crippen molar-refractivity contribution in [2.75, 3.05) is 13.2 Å². The van der Waals surface area contributed by atoms with Gasteiger partial charge in [0.15, 0.2) is 0 Å². The number of ether oxygens (including phenoxy) is 2. The summed E-state index contributed by atoms with van der Waals surface area (Å²) >= 11 is 5.85. The second-order valence-corrected chi connectivity index (χ2v) is 3.08. The van der Waals surface area contributed by atoms with Crippen LogP contribution < -0.4 is 0 Å². The number of carbonyl (C=O) groups is 1. The molecule has 3 nitrogen and oxygen atoms in total. The molecular weight excluding hydrogens is 168 g/mol. The fourth-order valence-corrected chi connectivity index (χ4v) is 1.21. The van der Waals surface area contributed by atoms with Crippen LogP contribution in [0.3, 0.4) is 0 Å². The van der Waals surface area contributed by atoms with Gasteiger partial charge in [-0.25, -0.2) is 0 Å². The summed E-state index contributed by atoms with van der Waals surface area (Å²) in [5, 5.41) is -0.00523. The van der Waals surface area contributed by atoms with E-state index < -0.39 is 0 Å². The molecular formula is C7H11ClO3. The molecule has 4 heteroatoms. The highest BCUT2D eigenvalue weighted by Gasteiger charge is 2.26. The lowest BCUT2D eigenvalue weighted by Gasteiger charge is -2.11. The number of halogens is 1. The summed E-state index contributed by atoms with van der Waals surface area (Å²) in [6.07, 6.45) is 0.730. The first-order valence-electron chi connectivity index (χ1n) is 3.59. The minimum absolute atomic E-state index is 0.00523. The summed E-state index contributed by atoms with van der Waals surface area (Å²) in [6, 6.07) is 0. The van der Waals surface area contributed by atoms with E-state index in [1.54, 1.807) is 0 Å². The molecule has 2 atom stereocenters. The standard InChI is InChI=1S/C7H11ClO3/c1-5(9)11-4-7-6(8)2-3-10-7/h6-7H,2-4H2,1H3. The normalized spacial score (nSPS) is 30.4. The number of esters is 1. The largest absolute Gasteiger partial charge is 0.463 e. The second kappa shape index (κ2) is 3.93. The van der Waals surface area contributed by atoms with Crippen molar-refractivity contribution < 1.29 is 14.3 Å². The molecule has 1 rings (SSSR count). The van der Waals surface area contributed by atoms with E-state index in [1.165, 1.54) is 6.92 Å². The third-order valence-corrected chi connectivity index (χ3v) is 2.08. The molecule has 2 unspecified atom stereocenters. The SMILES string of the molecule is CC(=O)OCC1OCCC1Cl. The van der Waals surface area contributed by atoms with Gasteiger partial charge in [0.05, 0.1) is 5.38 Å². The van der Waals surface area contributed by atoms with E-state index in [2.05, 4.69) is 0 Å². The van der Waals surface area contributed by atoms with Gasteiger partial charge < -0.3 is 9.47 Å². The highest BCUT2D eigenvalue weighted by Crippen LogP contribution is 2.19. The van der Waals surface area contributed by atoms with Crippen LogP contribution in [0.25, 0.3) is 0 Å². The molecule has 1 fully saturated rings. The summed E-state index contributed by atoms with van der Waals surface area (Å²) in [6.45, 7) is 2.32. The predicted molar refractivity (Wildman–Crippen MR) is 40.6 cm³/mol. The Bertz CT molecular complexity index is 149. The van der Waals surface area contributed by atoms with Gasteiger partial charge in [0.25, 0.3) is 0 Å². The number of hydrogen-bond donors (Lipinski definition) is 0. The van der Waals surface area contributed by atoms with E-state index in [0.717, 1.165) is 6.42 Å². The Morgan fingerprint density at radius 1 is 1.82 bits per heavy atom. The van der Waals surface area contributed by atoms with Crippen molar-refractivity contribution in [3.8, 4) is 0 Å². The van der Waals surface area contributed by atoms with Crippen molar-refractivity contribution in [3.05, 3.63) is 0 Å². The number of alkyl halides is 1. The van der Waals surface area contributed by atoms with Gasteiger partial charge in [-0.15, -0.1) is 11.6 Å². The molecule has 0 saturated carbocycles. The van der Waals surface area contributed by atoms with Crippen LogP contribution in [0.2, 0.25) is 0 Å². The first-order valence-corrected chi connectivity index (χ1v) is 4.03. The Morgan fingerprint density at radius 3 is 3.00 bits per heavy atom. The van der Waals surface area contributed by atoms with Crippen LogP contribution in [0.4, 0.5) is 0 Å². The average Bonchev–Trinajstić information content (AvgIpc) is 2.31. The van der Waals surface area contributed by atoms with Gasteiger partial charge in [-0.1, -0.05) is 0 Å². The Morgan fingerprint density at radius 2 is 2.55 bits per heavy atom. The zero-order chi connectivity index (χ0) is 8.27. The molecule has 1 saturated heterocycles. The molecule has 1 aliphatic rings. The number of hydrogen-bond acceptors (Lipinski definition) is 3. The van der Waals surface area contributed by atoms with Crippen molar-refractivity contribution in [3.63, 3.8) is 0 Å². The quantitative estimate of drug-likeness (QED) is 0.467. The molecule has 0 radical (unpaired) electrons. The summed E-state index contributed by atoms with van der Waals surface area (Å²) in [5.41, 5.74) is 0. The van der Waals surface area contributed by atoms with E-state index in [1.807, 2.05) is 0 Å². The van der Waals surface area contributed by atoms with Crippen molar-refractivity contribution >= 4 is 17.6 Å². The maximum absolute atomic E-state index is 10.4. The highest BCUT2D eigenvalue weighted by molar-refractivity contribution is 6.21. The lowest BCUT2D eigenvalue weighted by atomic mass is 10.2. The van der Waals surface area contributed by atoms with Crippen molar-refractivity contribution in [2.45, 2.75) is 24.8 Å². The van der Waals surface area contributed by atoms with Crippen LogP contribution >= 0.6 is 11.6 Å². The molecule has 0 aromatic rings. The molecule has 1 aliphatic heterocycles. The summed E-state index contributed by atoms with van der Waals surface area (Å²) < 4.78 is 9.95. The number of rotatable bonds is 2. The smallest absolute Gasteiger partial charge is 0.302 e. The lowest BCUT2D eigenvalue weighted by molar-refractivity contribution is -0.144. The molecule has 0 aromatic carbocycles. The second-order valence-electron chi connectivity index (χ2n) is 2.52. The molecule has 0 aliphatic carbocycles. The van der Waals surface area contributed by atoms with E-state index in [4.69, 9.17) is 21.1 Å². The maximum Gasteiger partial charge on any atom is 0.302 e. The summed E-state index contributed by atoms with van der Waals surface area (Å²) in [7, 11) is 0. The van der Waals surface area contributed by atoms with Gasteiger partial charge in [-0.2, -0.15) is 0 Å². The number of carbonyl (C=O) groups excluding carboxylic acids is 1. The zero-order valence-electron chi connectivity index (χ0n) is 6.38. The van der Waals surface area contributed by atoms with Crippen LogP contribution in [0.5, 0.6) is 0 Å². The minimum atomic E-state index is -0.288. The highest BCUT2D eigenvalue weighted by atomic mass is 35.5. The van der Waals surface area contributed by atoms with Gasteiger partial charge in [-0.3, -0.25) is 4.79 Å². The summed E-state index contributed by atoms with van der Waals surface area (Å²) in [5.74, 6) is -0.288. The fourth-order valence-electron chi connectivity index (χ4n) is 0.974. The summed E-state index contributed by atoms with van der Waals surface area (Å²) in [4.78, 5) is 10.4. The van der Waals surface area contributed by atoms with Crippen LogP contribution in [0.15, 0.2) is 0 Å². The molecule has 0 aromatic heterocycles. The monoisotopic (exact) mass is 178 g/mol. The van der Waals surface area contributed by atoms with Gasteiger partial charge in [0, 0.05) is 13.5 Å². The molecule has 0 N–H and O–H groups in total. The Kier molecular flexibility index (Phi) is 3.15. The first-order chi connectivity index (χ1) is 5.20. The van der Waals surface area contributed by atoms with E-state index >= 15 is 0 Å². The lowest BCUT2D eigenvalue weighted by Crippen LogP contribution is -2.23. The van der Waals surface area contributed by atoms with Crippen LogP contribution in [0, 0.1) is 0 Å². The first kappa shape index (κ1) is 8.81. The molecule has 0 bridgehead atoms. The van der Waals surface area contributed by atoms with Crippen LogP contribution in [0.1, 0.15) is 13.3 Å². The Balaban J connectivity index is 2.20. The van der Waals surface area contributed by atoms with E-state index in [9.17, 15) is 4.79 Å². The Hall–Kier alpha value is -0.280.